The molecule has 6 nitrogen and oxygen atoms in total. The molecule has 0 saturated heterocycles. The molecule has 28 heavy (non-hydrogen) atoms. The summed E-state index contributed by atoms with van der Waals surface area (Å²) < 4.78 is 80.8. The Morgan fingerprint density at radius 2 is 1.86 bits per heavy atom. The second-order valence-corrected chi connectivity index (χ2v) is 7.79. The van der Waals surface area contributed by atoms with Crippen molar-refractivity contribution in [1.29, 1.82) is 0 Å². The number of benzene rings is 1. The quantitative estimate of drug-likeness (QED) is 0.644. The fourth-order valence-electron chi connectivity index (χ4n) is 2.81. The van der Waals surface area contributed by atoms with Gasteiger partial charge in [0.15, 0.2) is 5.65 Å². The first-order valence-corrected chi connectivity index (χ1v) is 9.72. The lowest BCUT2D eigenvalue weighted by Gasteiger charge is -2.15. The molecule has 3 aromatic rings. The van der Waals surface area contributed by atoms with Crippen LogP contribution in [0.5, 0.6) is 0 Å². The van der Waals surface area contributed by atoms with Gasteiger partial charge in [0.05, 0.1) is 22.0 Å². The topological polar surface area (TPSA) is 76.9 Å². The van der Waals surface area contributed by atoms with Crippen LogP contribution in [0.4, 0.5) is 17.6 Å². The first kappa shape index (κ1) is 20.2. The zero-order valence-corrected chi connectivity index (χ0v) is 15.6. The second-order valence-electron chi connectivity index (χ2n) is 6.08. The van der Waals surface area contributed by atoms with Crippen molar-refractivity contribution in [3.05, 3.63) is 53.7 Å². The van der Waals surface area contributed by atoms with Crippen LogP contribution in [0, 0.1) is 5.82 Å². The third kappa shape index (κ3) is 3.85. The molecule has 1 atom stereocenters. The van der Waals surface area contributed by atoms with Gasteiger partial charge in [-0.15, -0.1) is 0 Å². The van der Waals surface area contributed by atoms with Crippen LogP contribution in [0.1, 0.15) is 31.3 Å². The van der Waals surface area contributed by atoms with E-state index in [2.05, 4.69) is 14.7 Å². The first-order chi connectivity index (χ1) is 13.0. The van der Waals surface area contributed by atoms with E-state index in [4.69, 9.17) is 0 Å². The van der Waals surface area contributed by atoms with Crippen molar-refractivity contribution < 1.29 is 26.0 Å². The summed E-state index contributed by atoms with van der Waals surface area (Å²) in [7, 11) is -3.99. The minimum Gasteiger partial charge on any atom is -0.326 e. The van der Waals surface area contributed by atoms with E-state index >= 15 is 0 Å². The van der Waals surface area contributed by atoms with Gasteiger partial charge in [-0.05, 0) is 44.2 Å². The predicted molar refractivity (Wildman–Crippen MR) is 93.3 cm³/mol. The maximum atomic E-state index is 13.0. The van der Waals surface area contributed by atoms with Crippen LogP contribution >= 0.6 is 0 Å². The molecule has 0 fully saturated rings. The van der Waals surface area contributed by atoms with E-state index in [1.54, 1.807) is 6.92 Å². The van der Waals surface area contributed by atoms with Crippen molar-refractivity contribution >= 4 is 21.2 Å². The molecule has 0 amide bonds. The highest BCUT2D eigenvalue weighted by Crippen LogP contribution is 2.31. The van der Waals surface area contributed by atoms with Crippen LogP contribution in [0.25, 0.3) is 11.2 Å². The lowest BCUT2D eigenvalue weighted by molar-refractivity contribution is -0.137. The Morgan fingerprint density at radius 1 is 1.21 bits per heavy atom. The van der Waals surface area contributed by atoms with Gasteiger partial charge in [-0.3, -0.25) is 0 Å². The Morgan fingerprint density at radius 3 is 2.43 bits per heavy atom. The molecule has 0 radical (unpaired) electrons. The number of pyridine rings is 1. The molecule has 1 unspecified atom stereocenters. The summed E-state index contributed by atoms with van der Waals surface area (Å²) in [6, 6.07) is 4.34. The molecule has 1 aromatic carbocycles. The summed E-state index contributed by atoms with van der Waals surface area (Å²) in [5.74, 6) is -0.360. The van der Waals surface area contributed by atoms with E-state index in [1.165, 1.54) is 11.5 Å². The lowest BCUT2D eigenvalue weighted by atomic mass is 10.2. The molecular formula is C17H16F4N4O2S. The van der Waals surface area contributed by atoms with Crippen molar-refractivity contribution in [3.8, 4) is 0 Å². The fraction of sp³-hybridized carbons (Fsp3) is 0.294. The molecule has 0 saturated carbocycles. The van der Waals surface area contributed by atoms with E-state index < -0.39 is 33.6 Å². The summed E-state index contributed by atoms with van der Waals surface area (Å²) >= 11 is 0. The molecule has 0 bridgehead atoms. The predicted octanol–water partition coefficient (Wildman–Crippen LogP) is 3.65. The summed E-state index contributed by atoms with van der Waals surface area (Å²) in [6.45, 7) is 3.47. The molecule has 11 heteroatoms. The fourth-order valence-corrected chi connectivity index (χ4v) is 4.01. The number of nitrogens with zero attached hydrogens (tertiary/aromatic N) is 3. The van der Waals surface area contributed by atoms with Crippen molar-refractivity contribution in [1.82, 2.24) is 19.3 Å². The SMILES string of the molecule is CCn1c(C(C)NS(=O)(=O)c2ccc(F)cc2)nc2ncc(C(F)(F)F)cc21. The highest BCUT2D eigenvalue weighted by Gasteiger charge is 2.32. The maximum absolute atomic E-state index is 13.0. The monoisotopic (exact) mass is 416 g/mol. The van der Waals surface area contributed by atoms with Gasteiger partial charge >= 0.3 is 6.18 Å². The Balaban J connectivity index is 1.99. The molecule has 0 aliphatic carbocycles. The van der Waals surface area contributed by atoms with Gasteiger partial charge in [-0.2, -0.15) is 13.2 Å². The van der Waals surface area contributed by atoms with Gasteiger partial charge in [-0.25, -0.2) is 27.5 Å². The highest BCUT2D eigenvalue weighted by atomic mass is 32.2. The van der Waals surface area contributed by atoms with Crippen LogP contribution in [-0.2, 0) is 22.7 Å². The number of aromatic nitrogens is 3. The normalized spacial score (nSPS) is 13.8. The van der Waals surface area contributed by atoms with Gasteiger partial charge in [0.2, 0.25) is 10.0 Å². The van der Waals surface area contributed by atoms with Crippen LogP contribution in [0.2, 0.25) is 0 Å². The van der Waals surface area contributed by atoms with E-state index in [9.17, 15) is 26.0 Å². The number of hydrogen-bond acceptors (Lipinski definition) is 4. The standard InChI is InChI=1S/C17H16F4N4O2S/c1-3-25-14-8-11(17(19,20)21)9-22-15(14)23-16(25)10(2)24-28(26,27)13-6-4-12(18)5-7-13/h4-10,24H,3H2,1-2H3. The molecule has 0 aliphatic rings. The number of halogens is 4. The number of aryl methyl sites for hydroxylation is 1. The van der Waals surface area contributed by atoms with Gasteiger partial charge in [0, 0.05) is 12.7 Å². The molecule has 150 valence electrons. The highest BCUT2D eigenvalue weighted by molar-refractivity contribution is 7.89. The van der Waals surface area contributed by atoms with Gasteiger partial charge < -0.3 is 4.57 Å². The Bertz CT molecular complexity index is 1110. The number of hydrogen-bond donors (Lipinski definition) is 1. The Kier molecular flexibility index (Phi) is 5.15. The van der Waals surface area contributed by atoms with Crippen molar-refractivity contribution in [2.45, 2.75) is 37.5 Å². The molecule has 3 rings (SSSR count). The van der Waals surface area contributed by atoms with Crippen LogP contribution < -0.4 is 4.72 Å². The number of nitrogens with one attached hydrogen (secondary N) is 1. The van der Waals surface area contributed by atoms with Gasteiger partial charge in [-0.1, -0.05) is 0 Å². The smallest absolute Gasteiger partial charge is 0.326 e. The summed E-state index contributed by atoms with van der Waals surface area (Å²) in [5, 5.41) is 0. The zero-order chi connectivity index (χ0) is 20.7. The number of alkyl halides is 3. The first-order valence-electron chi connectivity index (χ1n) is 8.24. The van der Waals surface area contributed by atoms with Gasteiger partial charge in [0.25, 0.3) is 0 Å². The average Bonchev–Trinajstić information content (AvgIpc) is 2.99. The molecule has 0 aliphatic heterocycles. The van der Waals surface area contributed by atoms with E-state index in [0.29, 0.717) is 6.20 Å². The molecule has 0 spiro atoms. The Labute approximate surface area is 158 Å². The van der Waals surface area contributed by atoms with Gasteiger partial charge in [0.1, 0.15) is 11.6 Å². The van der Waals surface area contributed by atoms with Crippen LogP contribution in [-0.4, -0.2) is 23.0 Å². The summed E-state index contributed by atoms with van der Waals surface area (Å²) in [5.41, 5.74) is -0.682. The van der Waals surface area contributed by atoms with Crippen LogP contribution in [0.15, 0.2) is 41.4 Å². The zero-order valence-electron chi connectivity index (χ0n) is 14.8. The maximum Gasteiger partial charge on any atom is 0.417 e. The summed E-state index contributed by atoms with van der Waals surface area (Å²) in [4.78, 5) is 7.81. The minimum atomic E-state index is -4.56. The van der Waals surface area contributed by atoms with E-state index in [0.717, 1.165) is 30.3 Å². The van der Waals surface area contributed by atoms with Crippen LogP contribution in [0.3, 0.4) is 0 Å². The number of rotatable bonds is 5. The summed E-state index contributed by atoms with van der Waals surface area (Å²) in [6.07, 6.45) is -3.87. The lowest BCUT2D eigenvalue weighted by Crippen LogP contribution is -2.28. The number of sulfonamides is 1. The van der Waals surface area contributed by atoms with Crippen molar-refractivity contribution in [2.24, 2.45) is 0 Å². The number of fused-ring (bicyclic) bond motifs is 1. The molecular weight excluding hydrogens is 400 g/mol. The Hall–Kier alpha value is -2.53. The molecule has 2 heterocycles. The molecule has 1 N–H and O–H groups in total. The van der Waals surface area contributed by atoms with E-state index in [1.807, 2.05) is 0 Å². The third-order valence-electron chi connectivity index (χ3n) is 4.12. The minimum absolute atomic E-state index is 0.0812. The second kappa shape index (κ2) is 7.13. The number of imidazole rings is 1. The average molecular weight is 416 g/mol. The van der Waals surface area contributed by atoms with Crippen molar-refractivity contribution in [2.75, 3.05) is 0 Å². The third-order valence-corrected chi connectivity index (χ3v) is 5.68. The van der Waals surface area contributed by atoms with E-state index in [-0.39, 0.29) is 28.4 Å². The largest absolute Gasteiger partial charge is 0.417 e. The molecule has 2 aromatic heterocycles. The van der Waals surface area contributed by atoms with Crippen molar-refractivity contribution in [3.63, 3.8) is 0 Å².